The molecular weight excluding hydrogens is 276 g/mol. The summed E-state index contributed by atoms with van der Waals surface area (Å²) in [6.07, 6.45) is 1.48. The molecule has 0 saturated heterocycles. The molecule has 0 aromatic heterocycles. The summed E-state index contributed by atoms with van der Waals surface area (Å²) in [5.41, 5.74) is 6.18. The Hall–Kier alpha value is -1.26. The largest absolute Gasteiger partial charge is 0.483 e. The highest BCUT2D eigenvalue weighted by molar-refractivity contribution is 6.31. The third-order valence-corrected chi connectivity index (χ3v) is 3.54. The maximum atomic E-state index is 11.9. The molecule has 20 heavy (non-hydrogen) atoms. The second kappa shape index (κ2) is 7.50. The fourth-order valence-corrected chi connectivity index (χ4v) is 1.97. The Morgan fingerprint density at radius 3 is 2.75 bits per heavy atom. The molecule has 1 aromatic rings. The van der Waals surface area contributed by atoms with Crippen molar-refractivity contribution >= 4 is 17.5 Å². The van der Waals surface area contributed by atoms with Gasteiger partial charge < -0.3 is 15.8 Å². The highest BCUT2D eigenvalue weighted by Gasteiger charge is 2.18. The van der Waals surface area contributed by atoms with Crippen LogP contribution in [0.3, 0.4) is 0 Å². The molecule has 0 heterocycles. The molecule has 0 spiro atoms. The highest BCUT2D eigenvalue weighted by Crippen LogP contribution is 2.26. The van der Waals surface area contributed by atoms with E-state index in [1.54, 1.807) is 18.2 Å². The van der Waals surface area contributed by atoms with E-state index in [4.69, 9.17) is 22.1 Å². The van der Waals surface area contributed by atoms with Crippen molar-refractivity contribution in [3.05, 3.63) is 28.8 Å². The lowest BCUT2D eigenvalue weighted by Crippen LogP contribution is -2.44. The van der Waals surface area contributed by atoms with Gasteiger partial charge in [-0.3, -0.25) is 4.79 Å². The molecule has 0 saturated carbocycles. The number of nitrogens with two attached hydrogens (primary N) is 1. The summed E-state index contributed by atoms with van der Waals surface area (Å²) in [4.78, 5) is 11.9. The second-order valence-corrected chi connectivity index (χ2v) is 5.74. The van der Waals surface area contributed by atoms with E-state index in [0.29, 0.717) is 23.7 Å². The van der Waals surface area contributed by atoms with Crippen LogP contribution in [-0.4, -0.2) is 24.6 Å². The minimum Gasteiger partial charge on any atom is -0.483 e. The number of ether oxygens (including phenoxy) is 1. The molecule has 1 aromatic carbocycles. The Morgan fingerprint density at radius 2 is 2.15 bits per heavy atom. The van der Waals surface area contributed by atoms with E-state index in [1.165, 1.54) is 0 Å². The molecule has 0 aliphatic heterocycles. The summed E-state index contributed by atoms with van der Waals surface area (Å²) in [6.45, 7) is 6.43. The van der Waals surface area contributed by atoms with Crippen molar-refractivity contribution < 1.29 is 9.53 Å². The van der Waals surface area contributed by atoms with E-state index < -0.39 is 0 Å². The van der Waals surface area contributed by atoms with Crippen LogP contribution in [0.5, 0.6) is 5.75 Å². The Balaban J connectivity index is 2.66. The number of benzene rings is 1. The lowest BCUT2D eigenvalue weighted by molar-refractivity contribution is -0.124. The third kappa shape index (κ3) is 5.02. The number of hydrogen-bond donors (Lipinski definition) is 2. The van der Waals surface area contributed by atoms with E-state index in [1.807, 2.05) is 20.8 Å². The lowest BCUT2D eigenvalue weighted by Gasteiger charge is -2.24. The summed E-state index contributed by atoms with van der Waals surface area (Å²) < 4.78 is 5.57. The van der Waals surface area contributed by atoms with Crippen LogP contribution in [-0.2, 0) is 11.2 Å². The zero-order valence-corrected chi connectivity index (χ0v) is 13.1. The minimum atomic E-state index is -0.227. The molecule has 3 N–H and O–H groups in total. The maximum absolute atomic E-state index is 11.9. The molecule has 0 radical (unpaired) electrons. The molecule has 0 fully saturated rings. The summed E-state index contributed by atoms with van der Waals surface area (Å²) >= 11 is 6.12. The van der Waals surface area contributed by atoms with Gasteiger partial charge in [-0.2, -0.15) is 0 Å². The standard InChI is InChI=1S/C15H23ClN2O2/c1-4-15(2,3)18-14(19)10-20-13-7-5-6-12(16)11(13)8-9-17/h5-7H,4,8-10,17H2,1-3H3,(H,18,19). The van der Waals surface area contributed by atoms with E-state index >= 15 is 0 Å². The Kier molecular flexibility index (Phi) is 6.30. The molecule has 5 heteroatoms. The van der Waals surface area contributed by atoms with Crippen molar-refractivity contribution in [3.63, 3.8) is 0 Å². The number of nitrogens with one attached hydrogen (secondary N) is 1. The summed E-state index contributed by atoms with van der Waals surface area (Å²) in [5.74, 6) is 0.475. The van der Waals surface area contributed by atoms with Gasteiger partial charge in [0.05, 0.1) is 0 Å². The Labute approximate surface area is 125 Å². The minimum absolute atomic E-state index is 0.0264. The predicted octanol–water partition coefficient (Wildman–Crippen LogP) is 2.52. The Morgan fingerprint density at radius 1 is 1.45 bits per heavy atom. The van der Waals surface area contributed by atoms with E-state index in [-0.39, 0.29) is 18.1 Å². The highest BCUT2D eigenvalue weighted by atomic mass is 35.5. The normalized spacial score (nSPS) is 11.2. The van der Waals surface area contributed by atoms with Crippen LogP contribution in [0.4, 0.5) is 0 Å². The van der Waals surface area contributed by atoms with E-state index in [0.717, 1.165) is 12.0 Å². The van der Waals surface area contributed by atoms with Gasteiger partial charge in [0.25, 0.3) is 5.91 Å². The van der Waals surface area contributed by atoms with Crippen LogP contribution in [0.25, 0.3) is 0 Å². The summed E-state index contributed by atoms with van der Waals surface area (Å²) in [6, 6.07) is 5.39. The van der Waals surface area contributed by atoms with Gasteiger partial charge in [0, 0.05) is 16.1 Å². The first kappa shape index (κ1) is 16.8. The number of carbonyl (C=O) groups is 1. The van der Waals surface area contributed by atoms with Crippen LogP contribution in [0, 0.1) is 0 Å². The van der Waals surface area contributed by atoms with Gasteiger partial charge in [-0.1, -0.05) is 24.6 Å². The molecule has 112 valence electrons. The van der Waals surface area contributed by atoms with Crippen LogP contribution in [0.2, 0.25) is 5.02 Å². The average Bonchev–Trinajstić information content (AvgIpc) is 2.39. The number of halogens is 1. The van der Waals surface area contributed by atoms with Gasteiger partial charge in [-0.05, 0) is 45.4 Å². The van der Waals surface area contributed by atoms with Crippen LogP contribution in [0.1, 0.15) is 32.8 Å². The average molecular weight is 299 g/mol. The fourth-order valence-electron chi connectivity index (χ4n) is 1.71. The molecule has 4 nitrogen and oxygen atoms in total. The van der Waals surface area contributed by atoms with Gasteiger partial charge in [-0.15, -0.1) is 0 Å². The van der Waals surface area contributed by atoms with Gasteiger partial charge >= 0.3 is 0 Å². The number of rotatable bonds is 7. The predicted molar refractivity (Wildman–Crippen MR) is 82.2 cm³/mol. The number of carbonyl (C=O) groups excluding carboxylic acids is 1. The van der Waals surface area contributed by atoms with Gasteiger partial charge in [0.15, 0.2) is 6.61 Å². The van der Waals surface area contributed by atoms with Crippen molar-refractivity contribution in [3.8, 4) is 5.75 Å². The second-order valence-electron chi connectivity index (χ2n) is 5.33. The zero-order chi connectivity index (χ0) is 15.2. The van der Waals surface area contributed by atoms with Crippen molar-refractivity contribution in [2.24, 2.45) is 5.73 Å². The Bertz CT molecular complexity index is 461. The first-order valence-electron chi connectivity index (χ1n) is 6.81. The van der Waals surface area contributed by atoms with Crippen molar-refractivity contribution in [1.82, 2.24) is 5.32 Å². The van der Waals surface area contributed by atoms with Crippen molar-refractivity contribution in [2.75, 3.05) is 13.2 Å². The first-order chi connectivity index (χ1) is 9.39. The summed E-state index contributed by atoms with van der Waals surface area (Å²) in [7, 11) is 0. The molecule has 1 rings (SSSR count). The molecule has 0 aliphatic rings. The van der Waals surface area contributed by atoms with Crippen LogP contribution in [0.15, 0.2) is 18.2 Å². The molecule has 0 aliphatic carbocycles. The quantitative estimate of drug-likeness (QED) is 0.813. The van der Waals surface area contributed by atoms with Gasteiger partial charge in [0.1, 0.15) is 5.75 Å². The molecule has 1 amide bonds. The third-order valence-electron chi connectivity index (χ3n) is 3.19. The SMILES string of the molecule is CCC(C)(C)NC(=O)COc1cccc(Cl)c1CCN. The van der Waals surface area contributed by atoms with E-state index in [9.17, 15) is 4.79 Å². The first-order valence-corrected chi connectivity index (χ1v) is 7.18. The van der Waals surface area contributed by atoms with Crippen LogP contribution >= 0.6 is 11.6 Å². The number of amides is 1. The maximum Gasteiger partial charge on any atom is 0.258 e. The molecular formula is C15H23ClN2O2. The molecule has 0 unspecified atom stereocenters. The van der Waals surface area contributed by atoms with Gasteiger partial charge in [0.2, 0.25) is 0 Å². The van der Waals surface area contributed by atoms with Crippen molar-refractivity contribution in [2.45, 2.75) is 39.2 Å². The monoisotopic (exact) mass is 298 g/mol. The van der Waals surface area contributed by atoms with Crippen LogP contribution < -0.4 is 15.8 Å². The topological polar surface area (TPSA) is 64.3 Å². The fraction of sp³-hybridized carbons (Fsp3) is 0.533. The summed E-state index contributed by atoms with van der Waals surface area (Å²) in [5, 5.41) is 3.53. The van der Waals surface area contributed by atoms with E-state index in [2.05, 4.69) is 5.32 Å². The zero-order valence-electron chi connectivity index (χ0n) is 12.3. The molecule has 0 bridgehead atoms. The molecule has 0 atom stereocenters. The number of hydrogen-bond acceptors (Lipinski definition) is 3. The van der Waals surface area contributed by atoms with Gasteiger partial charge in [-0.25, -0.2) is 0 Å². The lowest BCUT2D eigenvalue weighted by atomic mass is 10.0. The van der Waals surface area contributed by atoms with Crippen molar-refractivity contribution in [1.29, 1.82) is 0 Å². The smallest absolute Gasteiger partial charge is 0.258 e.